The molecule has 4 aromatic heterocycles. The fraction of sp³-hybridized carbons (Fsp3) is 0.404. The van der Waals surface area contributed by atoms with Gasteiger partial charge in [0, 0.05) is 106 Å². The lowest BCUT2D eigenvalue weighted by Gasteiger charge is -2.40. The number of aryl methyl sites for hydroxylation is 1. The van der Waals surface area contributed by atoms with Gasteiger partial charge < -0.3 is 24.5 Å². The third kappa shape index (κ3) is 10.0. The predicted octanol–water partition coefficient (Wildman–Crippen LogP) is 5.88. The summed E-state index contributed by atoms with van der Waals surface area (Å²) in [5, 5.41) is 17.4. The lowest BCUT2D eigenvalue weighted by molar-refractivity contribution is -0.125. The van der Waals surface area contributed by atoms with Crippen molar-refractivity contribution in [1.29, 1.82) is 0 Å². The summed E-state index contributed by atoms with van der Waals surface area (Å²) in [6, 6.07) is 17.6. The Morgan fingerprint density at radius 3 is 2.39 bits per heavy atom. The van der Waals surface area contributed by atoms with Gasteiger partial charge in [-0.3, -0.25) is 34.7 Å². The molecule has 0 radical (unpaired) electrons. The normalized spacial score (nSPS) is 15.1. The van der Waals surface area contributed by atoms with Crippen LogP contribution in [0.15, 0.2) is 71.5 Å². The number of aromatic nitrogens is 6. The number of nitrogens with zero attached hydrogens (tertiary/aromatic N) is 9. The fourth-order valence-electron chi connectivity index (χ4n) is 8.38. The number of pyridine rings is 2. The Morgan fingerprint density at radius 1 is 0.938 bits per heavy atom. The number of imide groups is 1. The number of piperazine rings is 1. The second-order valence-corrected chi connectivity index (χ2v) is 17.8. The monoisotopic (exact) mass is 870 g/mol. The van der Waals surface area contributed by atoms with Crippen molar-refractivity contribution < 1.29 is 23.3 Å². The molecule has 0 spiro atoms. The molecule has 2 aromatic carbocycles. The van der Waals surface area contributed by atoms with Crippen molar-refractivity contribution in [1.82, 2.24) is 45.8 Å². The van der Waals surface area contributed by atoms with E-state index in [0.717, 1.165) is 109 Å². The van der Waals surface area contributed by atoms with Gasteiger partial charge in [0.25, 0.3) is 11.7 Å². The molecule has 3 amide bonds. The van der Waals surface area contributed by atoms with E-state index in [0.29, 0.717) is 42.6 Å². The highest BCUT2D eigenvalue weighted by atomic mass is 19.1. The minimum atomic E-state index is -0.393. The van der Waals surface area contributed by atoms with Crippen molar-refractivity contribution in [3.8, 4) is 22.5 Å². The van der Waals surface area contributed by atoms with Crippen LogP contribution in [-0.4, -0.2) is 113 Å². The SMILES string of the molecule is Cc1cc(-c2n[nH]c3ncc(-c4ccc(N5CCN(CC6CCN(c7ccc(N(C)CCC(=O)NC=O)c(F)c7)CC6)CC5)cn4)cc23)ccc1CNC(=O)c1noc(C(C)(C)C)n1. The van der Waals surface area contributed by atoms with Crippen LogP contribution in [0.2, 0.25) is 0 Å². The minimum Gasteiger partial charge on any atom is -0.372 e. The number of H-pyrrole nitrogens is 1. The number of carbonyl (C=O) groups excluding carboxylic acids is 3. The predicted molar refractivity (Wildman–Crippen MR) is 244 cm³/mol. The zero-order chi connectivity index (χ0) is 45.0. The van der Waals surface area contributed by atoms with Crippen molar-refractivity contribution in [2.24, 2.45) is 5.92 Å². The molecule has 2 fully saturated rings. The highest BCUT2D eigenvalue weighted by molar-refractivity contribution is 5.93. The number of rotatable bonds is 14. The number of anilines is 3. The second-order valence-electron chi connectivity index (χ2n) is 17.8. The van der Waals surface area contributed by atoms with Crippen LogP contribution in [0.3, 0.4) is 0 Å². The lowest BCUT2D eigenvalue weighted by Crippen LogP contribution is -2.49. The van der Waals surface area contributed by atoms with Gasteiger partial charge in [-0.25, -0.2) is 9.37 Å². The van der Waals surface area contributed by atoms with Crippen molar-refractivity contribution in [2.75, 3.05) is 74.1 Å². The van der Waals surface area contributed by atoms with E-state index in [-0.39, 0.29) is 23.5 Å². The zero-order valence-electron chi connectivity index (χ0n) is 37.0. The lowest BCUT2D eigenvalue weighted by atomic mass is 9.95. The molecule has 0 saturated carbocycles. The number of amides is 3. The Balaban J connectivity index is 0.812. The van der Waals surface area contributed by atoms with Crippen molar-refractivity contribution in [3.05, 3.63) is 95.7 Å². The van der Waals surface area contributed by atoms with Crippen LogP contribution >= 0.6 is 0 Å². The minimum absolute atomic E-state index is 0.0150. The van der Waals surface area contributed by atoms with Crippen molar-refractivity contribution >= 4 is 46.3 Å². The van der Waals surface area contributed by atoms with E-state index in [4.69, 9.17) is 9.51 Å². The maximum Gasteiger partial charge on any atom is 0.292 e. The van der Waals surface area contributed by atoms with Crippen LogP contribution in [0.4, 0.5) is 21.5 Å². The molecular weight excluding hydrogens is 816 g/mol. The molecule has 3 N–H and O–H groups in total. The van der Waals surface area contributed by atoms with Gasteiger partial charge in [0.15, 0.2) is 5.65 Å². The van der Waals surface area contributed by atoms with Crippen LogP contribution in [0.1, 0.15) is 67.7 Å². The maximum absolute atomic E-state index is 15.1. The molecule has 2 aliphatic rings. The average Bonchev–Trinajstić information content (AvgIpc) is 3.97. The Bertz CT molecular complexity index is 2610. The summed E-state index contributed by atoms with van der Waals surface area (Å²) in [6.45, 7) is 15.1. The molecule has 6 aromatic rings. The topological polar surface area (TPSA) is 182 Å². The van der Waals surface area contributed by atoms with Crippen molar-refractivity contribution in [3.63, 3.8) is 0 Å². The van der Waals surface area contributed by atoms with E-state index >= 15 is 4.39 Å². The van der Waals surface area contributed by atoms with Crippen LogP contribution in [0.5, 0.6) is 0 Å². The summed E-state index contributed by atoms with van der Waals surface area (Å²) in [7, 11) is 1.74. The third-order valence-corrected chi connectivity index (χ3v) is 12.3. The summed E-state index contributed by atoms with van der Waals surface area (Å²) in [5.74, 6) is -0.0883. The van der Waals surface area contributed by atoms with Crippen molar-refractivity contribution in [2.45, 2.75) is 58.9 Å². The van der Waals surface area contributed by atoms with Gasteiger partial charge in [0.1, 0.15) is 11.5 Å². The van der Waals surface area contributed by atoms with Crippen LogP contribution in [0.25, 0.3) is 33.5 Å². The molecule has 2 saturated heterocycles. The van der Waals surface area contributed by atoms with Crippen LogP contribution in [0, 0.1) is 18.7 Å². The van der Waals surface area contributed by atoms with Gasteiger partial charge in [-0.2, -0.15) is 10.1 Å². The highest BCUT2D eigenvalue weighted by Gasteiger charge is 2.26. The first-order valence-corrected chi connectivity index (χ1v) is 21.8. The number of benzene rings is 2. The summed E-state index contributed by atoms with van der Waals surface area (Å²) in [5.41, 5.74) is 8.15. The third-order valence-electron chi connectivity index (χ3n) is 12.3. The molecule has 2 aliphatic heterocycles. The largest absolute Gasteiger partial charge is 0.372 e. The summed E-state index contributed by atoms with van der Waals surface area (Å²) < 4.78 is 20.4. The summed E-state index contributed by atoms with van der Waals surface area (Å²) in [4.78, 5) is 57.6. The van der Waals surface area contributed by atoms with E-state index < -0.39 is 11.8 Å². The molecule has 0 aliphatic carbocycles. The smallest absolute Gasteiger partial charge is 0.292 e. The zero-order valence-corrected chi connectivity index (χ0v) is 37.0. The number of hydrogen-bond donors (Lipinski definition) is 3. The molecule has 8 rings (SSSR count). The number of fused-ring (bicyclic) bond motifs is 1. The molecule has 0 atom stereocenters. The second kappa shape index (κ2) is 18.9. The Labute approximate surface area is 371 Å². The van der Waals surface area contributed by atoms with Crippen LogP contribution in [-0.2, 0) is 21.5 Å². The molecule has 64 heavy (non-hydrogen) atoms. The van der Waals surface area contributed by atoms with Gasteiger partial charge in [0.2, 0.25) is 18.2 Å². The molecule has 0 unspecified atom stereocenters. The van der Waals surface area contributed by atoms with E-state index in [1.54, 1.807) is 24.1 Å². The molecule has 16 nitrogen and oxygen atoms in total. The maximum atomic E-state index is 15.1. The number of hydrogen-bond acceptors (Lipinski definition) is 13. The number of nitrogens with one attached hydrogen (secondary N) is 3. The van der Waals surface area contributed by atoms with Crippen LogP contribution < -0.4 is 25.3 Å². The van der Waals surface area contributed by atoms with Gasteiger partial charge in [-0.15, -0.1) is 0 Å². The van der Waals surface area contributed by atoms with E-state index in [9.17, 15) is 14.4 Å². The number of piperidine rings is 1. The van der Waals surface area contributed by atoms with E-state index in [1.165, 1.54) is 0 Å². The molecule has 334 valence electrons. The first kappa shape index (κ1) is 43.9. The average molecular weight is 871 g/mol. The Hall–Kier alpha value is -6.75. The fourth-order valence-corrected chi connectivity index (χ4v) is 8.38. The van der Waals surface area contributed by atoms with Gasteiger partial charge >= 0.3 is 0 Å². The standard InChI is InChI=1S/C47H55FN12O4/c1-30-22-32(6-7-33(30)25-51-45(63)44-53-46(64-56-44)47(2,3)4)42-37-23-34(26-50-43(37)55-54-42)39-10-8-36(27-49-39)60-20-18-58(19-21-60)28-31-12-16-59(17-13-31)35-9-11-40(38(48)24-35)57(5)15-14-41(62)52-29-61/h6-11,22-24,26-27,29,31H,12-21,25,28H2,1-5H3,(H,51,63)(H,50,54,55)(H,52,61,62). The number of halogens is 1. The van der Waals surface area contributed by atoms with Gasteiger partial charge in [-0.05, 0) is 79.3 Å². The quantitative estimate of drug-likeness (QED) is 0.111. The van der Waals surface area contributed by atoms with Gasteiger partial charge in [-0.1, -0.05) is 38.1 Å². The van der Waals surface area contributed by atoms with E-state index in [2.05, 4.69) is 74.9 Å². The van der Waals surface area contributed by atoms with E-state index in [1.807, 2.05) is 58.3 Å². The summed E-state index contributed by atoms with van der Waals surface area (Å²) >= 11 is 0. The molecule has 17 heteroatoms. The number of carbonyl (C=O) groups is 3. The molecular formula is C47H55FN12O4. The molecule has 0 bridgehead atoms. The first-order valence-electron chi connectivity index (χ1n) is 21.8. The Morgan fingerprint density at radius 2 is 1.70 bits per heavy atom. The van der Waals surface area contributed by atoms with Gasteiger partial charge in [0.05, 0.1) is 23.3 Å². The summed E-state index contributed by atoms with van der Waals surface area (Å²) in [6.07, 6.45) is 6.34. The highest BCUT2D eigenvalue weighted by Crippen LogP contribution is 2.32. The number of aromatic amines is 1. The first-order chi connectivity index (χ1) is 30.8. The molecule has 6 heterocycles. The Kier molecular flexibility index (Phi) is 13.0.